The van der Waals surface area contributed by atoms with Crippen molar-refractivity contribution in [3.8, 4) is 0 Å². The molecule has 0 fully saturated rings. The normalized spacial score (nSPS) is 13.3. The van der Waals surface area contributed by atoms with Crippen LogP contribution in [0, 0.1) is 0 Å². The average molecular weight is 314 g/mol. The van der Waals surface area contributed by atoms with Crippen molar-refractivity contribution in [3.05, 3.63) is 34.3 Å². The summed E-state index contributed by atoms with van der Waals surface area (Å²) in [6, 6.07) is 7.10. The number of amides is 3. The van der Waals surface area contributed by atoms with Crippen molar-refractivity contribution >= 4 is 28.4 Å². The third-order valence-electron chi connectivity index (χ3n) is 2.51. The van der Waals surface area contributed by atoms with E-state index in [0.29, 0.717) is 6.41 Å². The Hall–Kier alpha value is -1.56. The van der Waals surface area contributed by atoms with Crippen molar-refractivity contribution in [2.75, 3.05) is 14.1 Å². The van der Waals surface area contributed by atoms with Crippen LogP contribution < -0.4 is 10.6 Å². The molecule has 5 nitrogen and oxygen atoms in total. The maximum absolute atomic E-state index is 11.7. The van der Waals surface area contributed by atoms with Gasteiger partial charge in [-0.2, -0.15) is 0 Å². The Labute approximate surface area is 115 Å². The zero-order valence-corrected chi connectivity index (χ0v) is 12.1. The molecule has 3 amide bonds. The van der Waals surface area contributed by atoms with E-state index in [-0.39, 0.29) is 6.03 Å². The Balaban J connectivity index is 3.06. The van der Waals surface area contributed by atoms with E-state index in [9.17, 15) is 9.59 Å². The van der Waals surface area contributed by atoms with Crippen LogP contribution in [-0.2, 0) is 10.5 Å². The van der Waals surface area contributed by atoms with Gasteiger partial charge in [-0.25, -0.2) is 4.79 Å². The summed E-state index contributed by atoms with van der Waals surface area (Å²) in [5.74, 6) is 0. The Morgan fingerprint density at radius 2 is 2.11 bits per heavy atom. The molecule has 1 aromatic rings. The van der Waals surface area contributed by atoms with E-state index < -0.39 is 5.66 Å². The minimum atomic E-state index is -0.952. The molecular formula is C12H16BrN3O2. The van der Waals surface area contributed by atoms with Crippen LogP contribution in [0.4, 0.5) is 4.79 Å². The molecule has 0 aliphatic heterocycles. The lowest BCUT2D eigenvalue weighted by molar-refractivity contribution is -0.111. The Kier molecular flexibility index (Phi) is 4.72. The minimum absolute atomic E-state index is 0.285. The third-order valence-corrected chi connectivity index (χ3v) is 3.01. The molecule has 0 saturated heterocycles. The highest BCUT2D eigenvalue weighted by molar-refractivity contribution is 9.10. The quantitative estimate of drug-likeness (QED) is 0.655. The number of halogens is 1. The van der Waals surface area contributed by atoms with Crippen LogP contribution in [0.2, 0.25) is 0 Å². The number of urea groups is 1. The smallest absolute Gasteiger partial charge is 0.318 e. The van der Waals surface area contributed by atoms with Gasteiger partial charge < -0.3 is 15.5 Å². The first kappa shape index (κ1) is 14.5. The van der Waals surface area contributed by atoms with Crippen LogP contribution >= 0.6 is 15.9 Å². The number of hydrogen-bond donors (Lipinski definition) is 2. The fourth-order valence-corrected chi connectivity index (χ4v) is 1.83. The SMILES string of the molecule is CN(C)C(=O)NC(C)(NC=O)c1cccc(Br)c1. The van der Waals surface area contributed by atoms with Gasteiger partial charge in [-0.3, -0.25) is 4.79 Å². The summed E-state index contributed by atoms with van der Waals surface area (Å²) >= 11 is 3.36. The van der Waals surface area contributed by atoms with E-state index in [1.54, 1.807) is 21.0 Å². The van der Waals surface area contributed by atoms with Crippen LogP contribution in [-0.4, -0.2) is 31.4 Å². The second-order valence-corrected chi connectivity index (χ2v) is 5.14. The summed E-state index contributed by atoms with van der Waals surface area (Å²) in [6.07, 6.45) is 0.566. The lowest BCUT2D eigenvalue weighted by Crippen LogP contribution is -2.55. The van der Waals surface area contributed by atoms with Gasteiger partial charge in [-0.1, -0.05) is 28.1 Å². The van der Waals surface area contributed by atoms with Gasteiger partial charge in [0, 0.05) is 18.6 Å². The minimum Gasteiger partial charge on any atom is -0.332 e. The van der Waals surface area contributed by atoms with Gasteiger partial charge in [-0.15, -0.1) is 0 Å². The first-order valence-electron chi connectivity index (χ1n) is 5.36. The molecule has 0 heterocycles. The number of hydrogen-bond acceptors (Lipinski definition) is 2. The van der Waals surface area contributed by atoms with Gasteiger partial charge in [0.05, 0.1) is 0 Å². The van der Waals surface area contributed by atoms with Crippen LogP contribution in [0.1, 0.15) is 12.5 Å². The molecular weight excluding hydrogens is 298 g/mol. The van der Waals surface area contributed by atoms with Gasteiger partial charge in [0.1, 0.15) is 5.66 Å². The van der Waals surface area contributed by atoms with Crippen molar-refractivity contribution in [1.29, 1.82) is 0 Å². The maximum Gasteiger partial charge on any atom is 0.318 e. The highest BCUT2D eigenvalue weighted by Gasteiger charge is 2.28. The summed E-state index contributed by atoms with van der Waals surface area (Å²) in [5.41, 5.74) is -0.174. The first-order valence-corrected chi connectivity index (χ1v) is 6.15. The van der Waals surface area contributed by atoms with E-state index >= 15 is 0 Å². The molecule has 0 aliphatic carbocycles. The molecule has 1 rings (SSSR count). The van der Waals surface area contributed by atoms with E-state index in [0.717, 1.165) is 10.0 Å². The van der Waals surface area contributed by atoms with Gasteiger partial charge in [0.25, 0.3) is 0 Å². The van der Waals surface area contributed by atoms with Crippen LogP contribution in [0.25, 0.3) is 0 Å². The van der Waals surface area contributed by atoms with E-state index in [1.165, 1.54) is 4.90 Å². The Bertz CT molecular complexity index is 451. The van der Waals surface area contributed by atoms with Gasteiger partial charge in [-0.05, 0) is 24.6 Å². The van der Waals surface area contributed by atoms with Crippen molar-refractivity contribution in [2.45, 2.75) is 12.6 Å². The van der Waals surface area contributed by atoms with Crippen molar-refractivity contribution < 1.29 is 9.59 Å². The average Bonchev–Trinajstić information content (AvgIpc) is 2.29. The van der Waals surface area contributed by atoms with Crippen molar-refractivity contribution in [3.63, 3.8) is 0 Å². The van der Waals surface area contributed by atoms with Crippen LogP contribution in [0.3, 0.4) is 0 Å². The molecule has 18 heavy (non-hydrogen) atoms. The largest absolute Gasteiger partial charge is 0.332 e. The predicted octanol–water partition coefficient (Wildman–Crippen LogP) is 1.64. The van der Waals surface area contributed by atoms with E-state index in [4.69, 9.17) is 0 Å². The van der Waals surface area contributed by atoms with Gasteiger partial charge in [0.15, 0.2) is 0 Å². The summed E-state index contributed by atoms with van der Waals surface area (Å²) in [7, 11) is 3.27. The molecule has 0 aromatic heterocycles. The summed E-state index contributed by atoms with van der Waals surface area (Å²) < 4.78 is 0.873. The molecule has 2 N–H and O–H groups in total. The van der Waals surface area contributed by atoms with Crippen molar-refractivity contribution in [1.82, 2.24) is 15.5 Å². The lowest BCUT2D eigenvalue weighted by Gasteiger charge is -2.32. The first-order chi connectivity index (χ1) is 8.39. The maximum atomic E-state index is 11.7. The number of carbonyl (C=O) groups is 2. The molecule has 1 unspecified atom stereocenters. The molecule has 0 saturated carbocycles. The zero-order valence-electron chi connectivity index (χ0n) is 10.5. The molecule has 0 spiro atoms. The highest BCUT2D eigenvalue weighted by Crippen LogP contribution is 2.21. The van der Waals surface area contributed by atoms with Crippen molar-refractivity contribution in [2.24, 2.45) is 0 Å². The Morgan fingerprint density at radius 1 is 1.44 bits per heavy atom. The lowest BCUT2D eigenvalue weighted by atomic mass is 10.0. The molecule has 6 heteroatoms. The number of rotatable bonds is 4. The Morgan fingerprint density at radius 3 is 2.61 bits per heavy atom. The molecule has 1 atom stereocenters. The second kappa shape index (κ2) is 5.86. The van der Waals surface area contributed by atoms with Crippen LogP contribution in [0.15, 0.2) is 28.7 Å². The second-order valence-electron chi connectivity index (χ2n) is 4.22. The fraction of sp³-hybridized carbons (Fsp3) is 0.333. The number of carbonyl (C=O) groups excluding carboxylic acids is 2. The molecule has 1 aromatic carbocycles. The number of nitrogens with one attached hydrogen (secondary N) is 2. The zero-order chi connectivity index (χ0) is 13.8. The molecule has 0 radical (unpaired) electrons. The highest BCUT2D eigenvalue weighted by atomic mass is 79.9. The topological polar surface area (TPSA) is 61.4 Å². The third kappa shape index (κ3) is 3.46. The van der Waals surface area contributed by atoms with Gasteiger partial charge in [0.2, 0.25) is 6.41 Å². The summed E-state index contributed by atoms with van der Waals surface area (Å²) in [5, 5.41) is 5.39. The number of nitrogens with zero attached hydrogens (tertiary/aromatic N) is 1. The molecule has 98 valence electrons. The standard InChI is InChI=1S/C12H16BrN3O2/c1-12(14-8-17,15-11(18)16(2)3)9-5-4-6-10(13)7-9/h4-8H,1-3H3,(H,14,17)(H,15,18). The number of benzene rings is 1. The summed E-state index contributed by atoms with van der Waals surface area (Å²) in [6.45, 7) is 1.73. The van der Waals surface area contributed by atoms with E-state index in [1.807, 2.05) is 24.3 Å². The fourth-order valence-electron chi connectivity index (χ4n) is 1.43. The molecule has 0 bridgehead atoms. The predicted molar refractivity (Wildman–Crippen MR) is 72.9 cm³/mol. The molecule has 0 aliphatic rings. The van der Waals surface area contributed by atoms with Crippen LogP contribution in [0.5, 0.6) is 0 Å². The van der Waals surface area contributed by atoms with Gasteiger partial charge >= 0.3 is 6.03 Å². The monoisotopic (exact) mass is 313 g/mol. The van der Waals surface area contributed by atoms with E-state index in [2.05, 4.69) is 26.6 Å². The summed E-state index contributed by atoms with van der Waals surface area (Å²) in [4.78, 5) is 23.9.